The Bertz CT molecular complexity index is 1110. The highest BCUT2D eigenvalue weighted by Gasteiger charge is 2.43. The Morgan fingerprint density at radius 2 is 1.63 bits per heavy atom. The maximum Gasteiger partial charge on any atom is 0.430 e. The lowest BCUT2D eigenvalue weighted by Gasteiger charge is -2.43. The number of amides is 3. The minimum Gasteiger partial charge on any atom is -0.442 e. The number of nitrogens with one attached hydrogen (secondary N) is 2. The van der Waals surface area contributed by atoms with Gasteiger partial charge in [-0.15, -0.1) is 0 Å². The van der Waals surface area contributed by atoms with Crippen molar-refractivity contribution in [3.63, 3.8) is 0 Å². The predicted octanol–water partition coefficient (Wildman–Crippen LogP) is 4.99. The molecule has 3 amide bonds. The van der Waals surface area contributed by atoms with Gasteiger partial charge in [-0.05, 0) is 78.6 Å². The maximum atomic E-state index is 13.2. The second-order valence-electron chi connectivity index (χ2n) is 10.2. The monoisotopic (exact) mass is 549 g/mol. The van der Waals surface area contributed by atoms with Crippen LogP contribution in [0.3, 0.4) is 0 Å². The first-order chi connectivity index (χ1) is 16.2. The zero-order valence-corrected chi connectivity index (χ0v) is 22.4. The molecule has 35 heavy (non-hydrogen) atoms. The van der Waals surface area contributed by atoms with E-state index in [9.17, 15) is 14.4 Å². The van der Waals surface area contributed by atoms with Gasteiger partial charge in [0.1, 0.15) is 23.1 Å². The van der Waals surface area contributed by atoms with Gasteiger partial charge in [-0.25, -0.2) is 24.6 Å². The second-order valence-corrected chi connectivity index (χ2v) is 11.1. The molecule has 1 atom stereocenters. The average Bonchev–Trinajstić information content (AvgIpc) is 2.74. The fourth-order valence-corrected chi connectivity index (χ4v) is 3.82. The number of rotatable bonds is 3. The first kappa shape index (κ1) is 26.5. The number of pyridine rings is 1. The number of ether oxygens (including phenoxy) is 2. The molecule has 1 aromatic heterocycles. The fraction of sp³-hybridized carbons (Fsp3) is 0.500. The van der Waals surface area contributed by atoms with Crippen LogP contribution in [-0.4, -0.2) is 56.9 Å². The number of anilines is 1. The van der Waals surface area contributed by atoms with Crippen LogP contribution in [0.2, 0.25) is 0 Å². The lowest BCUT2D eigenvalue weighted by molar-refractivity contribution is -0.139. The quantitative estimate of drug-likeness (QED) is 0.518. The van der Waals surface area contributed by atoms with Gasteiger partial charge in [0.15, 0.2) is 0 Å². The third kappa shape index (κ3) is 7.20. The van der Waals surface area contributed by atoms with Gasteiger partial charge < -0.3 is 9.47 Å². The van der Waals surface area contributed by atoms with E-state index in [2.05, 4.69) is 31.8 Å². The van der Waals surface area contributed by atoms with Crippen molar-refractivity contribution < 1.29 is 23.9 Å². The van der Waals surface area contributed by atoms with Crippen LogP contribution in [0.25, 0.3) is 10.9 Å². The Balaban J connectivity index is 1.80. The standard InChI is InChI=1S/C24H32BrN5O5/c1-23(2,3)34-21(32)29-13-7-8-18(30(29)22(33)35-24(4,5)6)20(31)28-27-19-12-10-15-9-11-16(25)14-17(15)26-19/h9-12,14,18H,7-8,13H2,1-6H3,(H,26,27)(H,28,31)/t18-/m0/s1. The van der Waals surface area contributed by atoms with Gasteiger partial charge in [0, 0.05) is 16.4 Å². The van der Waals surface area contributed by atoms with Gasteiger partial charge in [-0.1, -0.05) is 22.0 Å². The van der Waals surface area contributed by atoms with Gasteiger partial charge in [0.05, 0.1) is 5.52 Å². The summed E-state index contributed by atoms with van der Waals surface area (Å²) in [6.07, 6.45) is -0.698. The van der Waals surface area contributed by atoms with Crippen LogP contribution in [0.5, 0.6) is 0 Å². The number of aromatic nitrogens is 1. The molecule has 10 nitrogen and oxygen atoms in total. The highest BCUT2D eigenvalue weighted by Crippen LogP contribution is 2.25. The number of benzene rings is 1. The largest absolute Gasteiger partial charge is 0.442 e. The molecule has 0 unspecified atom stereocenters. The van der Waals surface area contributed by atoms with Crippen LogP contribution in [0.15, 0.2) is 34.8 Å². The van der Waals surface area contributed by atoms with Crippen molar-refractivity contribution in [2.24, 2.45) is 0 Å². The van der Waals surface area contributed by atoms with Gasteiger partial charge in [0.25, 0.3) is 5.91 Å². The summed E-state index contributed by atoms with van der Waals surface area (Å²) in [7, 11) is 0. The number of hydrazine groups is 2. The molecule has 190 valence electrons. The molecule has 0 aliphatic carbocycles. The highest BCUT2D eigenvalue weighted by molar-refractivity contribution is 9.10. The number of hydrogen-bond acceptors (Lipinski definition) is 7. The van der Waals surface area contributed by atoms with E-state index in [4.69, 9.17) is 9.47 Å². The topological polar surface area (TPSA) is 113 Å². The summed E-state index contributed by atoms with van der Waals surface area (Å²) < 4.78 is 11.9. The molecule has 0 bridgehead atoms. The third-order valence-electron chi connectivity index (χ3n) is 4.86. The van der Waals surface area contributed by atoms with E-state index < -0.39 is 35.3 Å². The van der Waals surface area contributed by atoms with E-state index in [1.165, 1.54) is 0 Å². The Morgan fingerprint density at radius 1 is 1.00 bits per heavy atom. The smallest absolute Gasteiger partial charge is 0.430 e. The lowest BCUT2D eigenvalue weighted by atomic mass is 10.1. The summed E-state index contributed by atoms with van der Waals surface area (Å²) in [5.41, 5.74) is 4.56. The van der Waals surface area contributed by atoms with Crippen molar-refractivity contribution >= 4 is 50.7 Å². The van der Waals surface area contributed by atoms with Crippen LogP contribution in [0.1, 0.15) is 54.4 Å². The molecule has 0 radical (unpaired) electrons. The predicted molar refractivity (Wildman–Crippen MR) is 135 cm³/mol. The third-order valence-corrected chi connectivity index (χ3v) is 5.35. The van der Waals surface area contributed by atoms with E-state index in [-0.39, 0.29) is 6.54 Å². The Morgan fingerprint density at radius 3 is 2.29 bits per heavy atom. The van der Waals surface area contributed by atoms with Crippen LogP contribution in [-0.2, 0) is 14.3 Å². The van der Waals surface area contributed by atoms with Gasteiger partial charge >= 0.3 is 12.2 Å². The number of fused-ring (bicyclic) bond motifs is 1. The number of hydrogen-bond donors (Lipinski definition) is 2. The van der Waals surface area contributed by atoms with Crippen LogP contribution < -0.4 is 10.9 Å². The Labute approximate surface area is 213 Å². The van der Waals surface area contributed by atoms with E-state index in [0.717, 1.165) is 25.4 Å². The summed E-state index contributed by atoms with van der Waals surface area (Å²) in [5, 5.41) is 3.13. The Kier molecular flexibility index (Phi) is 7.78. The molecule has 11 heteroatoms. The molecule has 2 N–H and O–H groups in total. The van der Waals surface area contributed by atoms with E-state index in [1.807, 2.05) is 24.3 Å². The number of carbonyl (C=O) groups excluding carboxylic acids is 3. The molecule has 1 aromatic carbocycles. The highest BCUT2D eigenvalue weighted by atomic mass is 79.9. The Hall–Kier alpha value is -3.08. The zero-order valence-electron chi connectivity index (χ0n) is 20.8. The summed E-state index contributed by atoms with van der Waals surface area (Å²) in [6.45, 7) is 10.6. The molecule has 1 aliphatic rings. The first-order valence-corrected chi connectivity index (χ1v) is 12.2. The minimum absolute atomic E-state index is 0.215. The van der Waals surface area contributed by atoms with E-state index in [1.54, 1.807) is 47.6 Å². The normalized spacial score (nSPS) is 16.6. The minimum atomic E-state index is -0.992. The molecule has 1 fully saturated rings. The second kappa shape index (κ2) is 10.3. The van der Waals surface area contributed by atoms with Crippen molar-refractivity contribution in [1.29, 1.82) is 0 Å². The molecular formula is C24H32BrN5O5. The van der Waals surface area contributed by atoms with Crippen molar-refractivity contribution in [2.45, 2.75) is 71.6 Å². The molecule has 2 heterocycles. The van der Waals surface area contributed by atoms with Crippen molar-refractivity contribution in [3.05, 3.63) is 34.8 Å². The average molecular weight is 550 g/mol. The van der Waals surface area contributed by atoms with Crippen molar-refractivity contribution in [2.75, 3.05) is 12.0 Å². The fourth-order valence-electron chi connectivity index (χ4n) is 3.47. The number of halogens is 1. The van der Waals surface area contributed by atoms with Gasteiger partial charge in [-0.3, -0.25) is 15.6 Å². The van der Waals surface area contributed by atoms with Gasteiger partial charge in [0.2, 0.25) is 0 Å². The maximum absolute atomic E-state index is 13.2. The zero-order chi connectivity index (χ0) is 26.0. The van der Waals surface area contributed by atoms with E-state index >= 15 is 0 Å². The summed E-state index contributed by atoms with van der Waals surface area (Å²) in [5.74, 6) is -0.0900. The molecule has 1 saturated heterocycles. The first-order valence-electron chi connectivity index (χ1n) is 11.4. The number of nitrogens with zero attached hydrogens (tertiary/aromatic N) is 3. The summed E-state index contributed by atoms with van der Waals surface area (Å²) >= 11 is 3.43. The SMILES string of the molecule is CC(C)(C)OC(=O)N1CCC[C@@H](C(=O)NNc2ccc3ccc(Br)cc3n2)N1C(=O)OC(C)(C)C. The number of carbonyl (C=O) groups is 3. The molecule has 1 aliphatic heterocycles. The molecular weight excluding hydrogens is 518 g/mol. The van der Waals surface area contributed by atoms with Crippen molar-refractivity contribution in [1.82, 2.24) is 20.4 Å². The van der Waals surface area contributed by atoms with Crippen LogP contribution in [0.4, 0.5) is 15.4 Å². The van der Waals surface area contributed by atoms with Crippen LogP contribution >= 0.6 is 15.9 Å². The molecule has 0 spiro atoms. The van der Waals surface area contributed by atoms with Crippen LogP contribution in [0, 0.1) is 0 Å². The van der Waals surface area contributed by atoms with Crippen molar-refractivity contribution in [3.8, 4) is 0 Å². The molecule has 2 aromatic rings. The molecule has 0 saturated carbocycles. The van der Waals surface area contributed by atoms with E-state index in [0.29, 0.717) is 18.7 Å². The lowest BCUT2D eigenvalue weighted by Crippen LogP contribution is -2.63. The summed E-state index contributed by atoms with van der Waals surface area (Å²) in [4.78, 5) is 43.7. The molecule has 3 rings (SSSR count). The van der Waals surface area contributed by atoms with Gasteiger partial charge in [-0.2, -0.15) is 0 Å². The summed E-state index contributed by atoms with van der Waals surface area (Å²) in [6, 6.07) is 8.33.